The molecule has 0 saturated carbocycles. The van der Waals surface area contributed by atoms with E-state index in [0.29, 0.717) is 6.54 Å². The molecular formula is C21H27IN6O. The first-order valence-electron chi connectivity index (χ1n) is 9.41. The van der Waals surface area contributed by atoms with Crippen molar-refractivity contribution in [2.24, 2.45) is 4.99 Å². The summed E-state index contributed by atoms with van der Waals surface area (Å²) in [4.78, 5) is 4.28. The number of nitrogens with zero attached hydrogens (tertiary/aromatic N) is 4. The SMILES string of the molecule is CCc1nncn1CCNC(=NC)NCc1cccc(Oc2ccccc2)c1.I. The van der Waals surface area contributed by atoms with Gasteiger partial charge in [0.25, 0.3) is 0 Å². The molecule has 2 aromatic carbocycles. The van der Waals surface area contributed by atoms with E-state index in [1.54, 1.807) is 13.4 Å². The van der Waals surface area contributed by atoms with E-state index < -0.39 is 0 Å². The van der Waals surface area contributed by atoms with Gasteiger partial charge in [0.1, 0.15) is 23.7 Å². The number of hydrogen-bond donors (Lipinski definition) is 2. The number of aliphatic imine (C=N–C) groups is 1. The van der Waals surface area contributed by atoms with Crippen molar-refractivity contribution < 1.29 is 4.74 Å². The van der Waals surface area contributed by atoms with Crippen LogP contribution in [-0.4, -0.2) is 34.3 Å². The largest absolute Gasteiger partial charge is 0.457 e. The lowest BCUT2D eigenvalue weighted by atomic mass is 10.2. The Labute approximate surface area is 188 Å². The Morgan fingerprint density at radius 2 is 1.86 bits per heavy atom. The zero-order valence-corrected chi connectivity index (χ0v) is 19.0. The zero-order chi connectivity index (χ0) is 19.6. The monoisotopic (exact) mass is 506 g/mol. The normalized spacial score (nSPS) is 10.9. The Balaban J connectivity index is 0.00000300. The van der Waals surface area contributed by atoms with Gasteiger partial charge in [-0.05, 0) is 29.8 Å². The minimum absolute atomic E-state index is 0. The Morgan fingerprint density at radius 1 is 1.07 bits per heavy atom. The molecule has 0 amide bonds. The Kier molecular flexibility index (Phi) is 9.42. The van der Waals surface area contributed by atoms with Crippen LogP contribution in [-0.2, 0) is 19.5 Å². The molecule has 1 heterocycles. The highest BCUT2D eigenvalue weighted by molar-refractivity contribution is 14.0. The number of aromatic nitrogens is 3. The highest BCUT2D eigenvalue weighted by atomic mass is 127. The molecule has 0 atom stereocenters. The third kappa shape index (κ3) is 7.04. The number of benzene rings is 2. The summed E-state index contributed by atoms with van der Waals surface area (Å²) in [5, 5.41) is 14.7. The van der Waals surface area contributed by atoms with E-state index in [1.807, 2.05) is 53.1 Å². The van der Waals surface area contributed by atoms with Crippen LogP contribution in [0.15, 0.2) is 65.9 Å². The van der Waals surface area contributed by atoms with Gasteiger partial charge in [-0.3, -0.25) is 4.99 Å². The first kappa shape index (κ1) is 22.7. The summed E-state index contributed by atoms with van der Waals surface area (Å²) in [5.41, 5.74) is 1.11. The van der Waals surface area contributed by atoms with E-state index in [2.05, 4.69) is 38.8 Å². The highest BCUT2D eigenvalue weighted by Gasteiger charge is 2.03. The molecule has 0 aliphatic heterocycles. The average Bonchev–Trinajstić information content (AvgIpc) is 3.19. The van der Waals surface area contributed by atoms with Crippen molar-refractivity contribution in [1.82, 2.24) is 25.4 Å². The zero-order valence-electron chi connectivity index (χ0n) is 16.7. The topological polar surface area (TPSA) is 76.4 Å². The number of nitrogens with one attached hydrogen (secondary N) is 2. The number of ether oxygens (including phenoxy) is 1. The molecule has 0 saturated heterocycles. The molecule has 1 aromatic heterocycles. The van der Waals surface area contributed by atoms with Crippen molar-refractivity contribution in [2.45, 2.75) is 26.4 Å². The third-order valence-corrected chi connectivity index (χ3v) is 4.22. The van der Waals surface area contributed by atoms with Gasteiger partial charge in [-0.15, -0.1) is 34.2 Å². The smallest absolute Gasteiger partial charge is 0.191 e. The number of hydrogen-bond acceptors (Lipinski definition) is 4. The van der Waals surface area contributed by atoms with Gasteiger partial charge in [0.2, 0.25) is 0 Å². The molecule has 2 N–H and O–H groups in total. The van der Waals surface area contributed by atoms with E-state index in [-0.39, 0.29) is 24.0 Å². The van der Waals surface area contributed by atoms with Gasteiger partial charge in [-0.2, -0.15) is 0 Å². The lowest BCUT2D eigenvalue weighted by Gasteiger charge is -2.13. The van der Waals surface area contributed by atoms with Crippen molar-refractivity contribution in [3.63, 3.8) is 0 Å². The van der Waals surface area contributed by atoms with Crippen LogP contribution in [0.4, 0.5) is 0 Å². The van der Waals surface area contributed by atoms with Crippen LogP contribution in [0.25, 0.3) is 0 Å². The second-order valence-electron chi connectivity index (χ2n) is 6.21. The molecule has 29 heavy (non-hydrogen) atoms. The second kappa shape index (κ2) is 12.1. The van der Waals surface area contributed by atoms with E-state index in [0.717, 1.165) is 48.4 Å². The van der Waals surface area contributed by atoms with Gasteiger partial charge in [-0.1, -0.05) is 37.3 Å². The standard InChI is InChI=1S/C21H26N6O.HI/c1-3-20-26-25-16-27(20)13-12-23-21(22-2)24-15-17-8-7-11-19(14-17)28-18-9-5-4-6-10-18;/h4-11,14,16H,3,12-13,15H2,1-2H3,(H2,22,23,24);1H. The molecule has 7 nitrogen and oxygen atoms in total. The molecule has 0 radical (unpaired) electrons. The summed E-state index contributed by atoms with van der Waals surface area (Å²) in [6, 6.07) is 17.8. The quantitative estimate of drug-likeness (QED) is 0.278. The molecule has 0 aliphatic rings. The molecule has 3 rings (SSSR count). The second-order valence-corrected chi connectivity index (χ2v) is 6.21. The Morgan fingerprint density at radius 3 is 2.62 bits per heavy atom. The number of halogens is 1. The van der Waals surface area contributed by atoms with Crippen molar-refractivity contribution in [1.29, 1.82) is 0 Å². The van der Waals surface area contributed by atoms with Gasteiger partial charge in [-0.25, -0.2) is 0 Å². The van der Waals surface area contributed by atoms with Gasteiger partial charge in [0, 0.05) is 33.1 Å². The molecular weight excluding hydrogens is 479 g/mol. The van der Waals surface area contributed by atoms with Crippen LogP contribution in [0.2, 0.25) is 0 Å². The van der Waals surface area contributed by atoms with Crippen LogP contribution in [0.1, 0.15) is 18.3 Å². The maximum absolute atomic E-state index is 5.89. The Hall–Kier alpha value is -2.62. The van der Waals surface area contributed by atoms with Crippen molar-refractivity contribution in [3.05, 3.63) is 72.3 Å². The molecule has 0 spiro atoms. The fourth-order valence-electron chi connectivity index (χ4n) is 2.78. The minimum atomic E-state index is 0. The van der Waals surface area contributed by atoms with E-state index in [1.165, 1.54) is 0 Å². The van der Waals surface area contributed by atoms with Crippen molar-refractivity contribution in [3.8, 4) is 11.5 Å². The van der Waals surface area contributed by atoms with Crippen molar-refractivity contribution >= 4 is 29.9 Å². The van der Waals surface area contributed by atoms with E-state index in [9.17, 15) is 0 Å². The summed E-state index contributed by atoms with van der Waals surface area (Å²) < 4.78 is 7.94. The molecule has 154 valence electrons. The number of para-hydroxylation sites is 1. The molecule has 8 heteroatoms. The first-order chi connectivity index (χ1) is 13.8. The molecule has 3 aromatic rings. The molecule has 0 unspecified atom stereocenters. The Bertz CT molecular complexity index is 897. The molecule has 0 bridgehead atoms. The third-order valence-electron chi connectivity index (χ3n) is 4.22. The van der Waals surface area contributed by atoms with Crippen LogP contribution < -0.4 is 15.4 Å². The number of guanidine groups is 1. The van der Waals surface area contributed by atoms with Gasteiger partial charge >= 0.3 is 0 Å². The van der Waals surface area contributed by atoms with Crippen LogP contribution >= 0.6 is 24.0 Å². The number of aryl methyl sites for hydroxylation is 1. The molecule has 0 aliphatic carbocycles. The van der Waals surface area contributed by atoms with Gasteiger partial charge in [0.15, 0.2) is 5.96 Å². The predicted molar refractivity (Wildman–Crippen MR) is 126 cm³/mol. The fraction of sp³-hybridized carbons (Fsp3) is 0.286. The minimum Gasteiger partial charge on any atom is -0.457 e. The average molecular weight is 506 g/mol. The van der Waals surface area contributed by atoms with Gasteiger partial charge < -0.3 is 19.9 Å². The highest BCUT2D eigenvalue weighted by Crippen LogP contribution is 2.21. The summed E-state index contributed by atoms with van der Waals surface area (Å²) >= 11 is 0. The summed E-state index contributed by atoms with van der Waals surface area (Å²) in [6.45, 7) is 4.25. The maximum atomic E-state index is 5.89. The summed E-state index contributed by atoms with van der Waals surface area (Å²) in [5.74, 6) is 3.37. The van der Waals surface area contributed by atoms with E-state index in [4.69, 9.17) is 4.74 Å². The van der Waals surface area contributed by atoms with E-state index >= 15 is 0 Å². The fourth-order valence-corrected chi connectivity index (χ4v) is 2.78. The van der Waals surface area contributed by atoms with Crippen LogP contribution in [0.3, 0.4) is 0 Å². The molecule has 0 fully saturated rings. The maximum Gasteiger partial charge on any atom is 0.191 e. The predicted octanol–water partition coefficient (Wildman–Crippen LogP) is 3.62. The summed E-state index contributed by atoms with van der Waals surface area (Å²) in [7, 11) is 1.76. The van der Waals surface area contributed by atoms with Gasteiger partial charge in [0.05, 0.1) is 0 Å². The van der Waals surface area contributed by atoms with Crippen LogP contribution in [0.5, 0.6) is 11.5 Å². The number of rotatable bonds is 8. The van der Waals surface area contributed by atoms with Crippen LogP contribution in [0, 0.1) is 0 Å². The lowest BCUT2D eigenvalue weighted by molar-refractivity contribution is 0.482. The lowest BCUT2D eigenvalue weighted by Crippen LogP contribution is -2.38. The first-order valence-corrected chi connectivity index (χ1v) is 9.41. The summed E-state index contributed by atoms with van der Waals surface area (Å²) in [6.07, 6.45) is 2.63. The van der Waals surface area contributed by atoms with Crippen molar-refractivity contribution in [2.75, 3.05) is 13.6 Å².